The summed E-state index contributed by atoms with van der Waals surface area (Å²) < 4.78 is 0. The van der Waals surface area contributed by atoms with E-state index in [1.807, 2.05) is 64.4 Å². The Labute approximate surface area is 241 Å². The van der Waals surface area contributed by atoms with Crippen LogP contribution in [-0.4, -0.2) is 64.0 Å². The van der Waals surface area contributed by atoms with Crippen LogP contribution in [0.25, 0.3) is 10.4 Å². The van der Waals surface area contributed by atoms with Crippen molar-refractivity contribution in [2.75, 3.05) is 13.1 Å². The van der Waals surface area contributed by atoms with Gasteiger partial charge in [-0.25, -0.2) is 4.98 Å². The number of unbranched alkanes of at least 4 members (excludes halogenated alkanes) is 3. The Morgan fingerprint density at radius 3 is 2.40 bits per heavy atom. The Morgan fingerprint density at radius 1 is 1.12 bits per heavy atom. The van der Waals surface area contributed by atoms with E-state index in [1.165, 1.54) is 4.90 Å². The van der Waals surface area contributed by atoms with Gasteiger partial charge in [0.05, 0.1) is 28.2 Å². The van der Waals surface area contributed by atoms with Crippen LogP contribution in [0.15, 0.2) is 29.8 Å². The van der Waals surface area contributed by atoms with Gasteiger partial charge in [-0.2, -0.15) is 0 Å². The largest absolute Gasteiger partial charge is 0.391 e. The number of carbonyl (C=O) groups is 3. The average molecular weight is 572 g/mol. The lowest BCUT2D eigenvalue weighted by Gasteiger charge is -2.35. The van der Waals surface area contributed by atoms with Crippen molar-refractivity contribution in [3.8, 4) is 10.4 Å². The lowest BCUT2D eigenvalue weighted by Crippen LogP contribution is -2.57. The van der Waals surface area contributed by atoms with E-state index in [4.69, 9.17) is 5.73 Å². The minimum Gasteiger partial charge on any atom is -0.391 e. The highest BCUT2D eigenvalue weighted by atomic mass is 32.1. The van der Waals surface area contributed by atoms with E-state index < -0.39 is 23.6 Å². The normalized spacial score (nSPS) is 18.8. The number of benzene rings is 1. The molecule has 3 rings (SSSR count). The summed E-state index contributed by atoms with van der Waals surface area (Å²) in [4.78, 5) is 46.7. The lowest BCUT2D eigenvalue weighted by molar-refractivity contribution is -0.144. The van der Waals surface area contributed by atoms with E-state index in [2.05, 4.69) is 15.6 Å². The molecule has 0 radical (unpaired) electrons. The Kier molecular flexibility index (Phi) is 11.2. The van der Waals surface area contributed by atoms with Crippen molar-refractivity contribution >= 4 is 29.1 Å². The molecule has 0 spiro atoms. The van der Waals surface area contributed by atoms with Gasteiger partial charge in [-0.05, 0) is 49.8 Å². The third kappa shape index (κ3) is 8.34. The fourth-order valence-electron chi connectivity index (χ4n) is 5.03. The molecule has 1 saturated heterocycles. The molecular weight excluding hydrogens is 526 g/mol. The molecule has 220 valence electrons. The number of aromatic nitrogens is 1. The van der Waals surface area contributed by atoms with Gasteiger partial charge in [0, 0.05) is 19.4 Å². The van der Waals surface area contributed by atoms with Crippen LogP contribution in [-0.2, 0) is 14.4 Å². The maximum Gasteiger partial charge on any atom is 0.246 e. The van der Waals surface area contributed by atoms with Crippen molar-refractivity contribution in [1.82, 2.24) is 20.5 Å². The number of rotatable bonds is 12. The Morgan fingerprint density at radius 2 is 1.80 bits per heavy atom. The van der Waals surface area contributed by atoms with Crippen LogP contribution in [0.5, 0.6) is 0 Å². The molecule has 9 nitrogen and oxygen atoms in total. The molecule has 0 aliphatic carbocycles. The van der Waals surface area contributed by atoms with Crippen molar-refractivity contribution in [3.05, 3.63) is 41.0 Å². The molecule has 40 heavy (non-hydrogen) atoms. The molecule has 0 bridgehead atoms. The number of hydrogen-bond donors (Lipinski definition) is 4. The molecule has 10 heteroatoms. The Bertz CT molecular complexity index is 1140. The van der Waals surface area contributed by atoms with Crippen LogP contribution in [0.3, 0.4) is 0 Å². The van der Waals surface area contributed by atoms with Gasteiger partial charge in [0.2, 0.25) is 17.7 Å². The Hall–Kier alpha value is -2.82. The summed E-state index contributed by atoms with van der Waals surface area (Å²) in [6.45, 7) is 10.2. The molecule has 1 aromatic heterocycles. The first-order chi connectivity index (χ1) is 18.9. The minimum atomic E-state index is -0.818. The maximum atomic E-state index is 13.7. The topological polar surface area (TPSA) is 138 Å². The van der Waals surface area contributed by atoms with Crippen molar-refractivity contribution in [2.24, 2.45) is 11.1 Å². The van der Waals surface area contributed by atoms with Crippen molar-refractivity contribution in [3.63, 3.8) is 0 Å². The standard InChI is InChI=1S/C30H45N5O4S/c1-19(21-11-13-22(14-12-21)26-20(2)32-18-40-26)33-28(38)24-16-23(36)17-35(24)29(39)27(30(3,4)5)34-25(37)10-8-6-7-9-15-31/h11-14,18-19,23-24,27,36H,6-10,15-17,31H2,1-5H3,(H,33,38)(H,34,37)/t19-,23+,24?,27+/m0/s1. The molecule has 2 heterocycles. The highest BCUT2D eigenvalue weighted by molar-refractivity contribution is 7.13. The van der Waals surface area contributed by atoms with E-state index in [9.17, 15) is 19.5 Å². The zero-order valence-electron chi connectivity index (χ0n) is 24.4. The molecule has 4 atom stereocenters. The van der Waals surface area contributed by atoms with E-state index in [0.29, 0.717) is 13.0 Å². The van der Waals surface area contributed by atoms with E-state index in [0.717, 1.165) is 47.4 Å². The van der Waals surface area contributed by atoms with Crippen LogP contribution in [0, 0.1) is 12.3 Å². The first-order valence-electron chi connectivity index (χ1n) is 14.2. The fourth-order valence-corrected chi connectivity index (χ4v) is 5.84. The van der Waals surface area contributed by atoms with Crippen LogP contribution < -0.4 is 16.4 Å². The van der Waals surface area contributed by atoms with Crippen LogP contribution in [0.1, 0.15) is 83.5 Å². The molecular formula is C30H45N5O4S. The third-order valence-electron chi connectivity index (χ3n) is 7.42. The molecule has 0 saturated carbocycles. The summed E-state index contributed by atoms with van der Waals surface area (Å²) in [6.07, 6.45) is 3.22. The van der Waals surface area contributed by atoms with Crippen LogP contribution in [0.2, 0.25) is 0 Å². The number of β-amino-alcohol motifs (C(OH)–C–C–N with tert-alkyl or cyclic N) is 1. The average Bonchev–Trinajstić information content (AvgIpc) is 3.51. The number of hydrogen-bond acceptors (Lipinski definition) is 7. The maximum absolute atomic E-state index is 13.7. The summed E-state index contributed by atoms with van der Waals surface area (Å²) in [5.74, 6) is -0.858. The predicted molar refractivity (Wildman–Crippen MR) is 158 cm³/mol. The second-order valence-electron chi connectivity index (χ2n) is 11.8. The molecule has 1 aliphatic heterocycles. The number of aryl methyl sites for hydroxylation is 1. The molecule has 3 amide bonds. The smallest absolute Gasteiger partial charge is 0.246 e. The van der Waals surface area contributed by atoms with E-state index >= 15 is 0 Å². The van der Waals surface area contributed by atoms with Gasteiger partial charge in [-0.3, -0.25) is 14.4 Å². The summed E-state index contributed by atoms with van der Waals surface area (Å²) >= 11 is 1.59. The van der Waals surface area contributed by atoms with Crippen molar-refractivity contribution < 1.29 is 19.5 Å². The predicted octanol–water partition coefficient (Wildman–Crippen LogP) is 3.70. The number of amides is 3. The number of carbonyl (C=O) groups excluding carboxylic acids is 3. The summed E-state index contributed by atoms with van der Waals surface area (Å²) in [6, 6.07) is 6.06. The van der Waals surface area contributed by atoms with Gasteiger partial charge in [0.15, 0.2) is 0 Å². The molecule has 1 aromatic carbocycles. The quantitative estimate of drug-likeness (QED) is 0.287. The molecule has 2 aromatic rings. The second kappa shape index (κ2) is 14.2. The third-order valence-corrected chi connectivity index (χ3v) is 8.40. The first-order valence-corrected chi connectivity index (χ1v) is 15.1. The van der Waals surface area contributed by atoms with E-state index in [-0.39, 0.29) is 36.7 Å². The highest BCUT2D eigenvalue weighted by Gasteiger charge is 2.44. The van der Waals surface area contributed by atoms with Crippen LogP contribution >= 0.6 is 11.3 Å². The number of thiazole rings is 1. The SMILES string of the molecule is Cc1ncsc1-c1ccc([C@H](C)NC(=O)C2C[C@@H](O)CN2C(=O)[C@@H](NC(=O)CCCCCCN)C(C)(C)C)cc1. The number of likely N-dealkylation sites (tertiary alicyclic amines) is 1. The van der Waals surface area contributed by atoms with Crippen molar-refractivity contribution in [1.29, 1.82) is 0 Å². The lowest BCUT2D eigenvalue weighted by atomic mass is 9.85. The second-order valence-corrected chi connectivity index (χ2v) is 12.7. The number of nitrogens with two attached hydrogens (primary N) is 1. The van der Waals surface area contributed by atoms with Crippen molar-refractivity contribution in [2.45, 2.75) is 97.4 Å². The highest BCUT2D eigenvalue weighted by Crippen LogP contribution is 2.29. The number of aliphatic hydroxyl groups excluding tert-OH is 1. The number of nitrogens with one attached hydrogen (secondary N) is 2. The summed E-state index contributed by atoms with van der Waals surface area (Å²) in [7, 11) is 0. The van der Waals surface area contributed by atoms with Gasteiger partial charge in [-0.15, -0.1) is 11.3 Å². The zero-order chi connectivity index (χ0) is 29.4. The van der Waals surface area contributed by atoms with Gasteiger partial charge in [0.25, 0.3) is 0 Å². The number of nitrogens with zero attached hydrogens (tertiary/aromatic N) is 2. The zero-order valence-corrected chi connectivity index (χ0v) is 25.2. The van der Waals surface area contributed by atoms with E-state index in [1.54, 1.807) is 11.3 Å². The minimum absolute atomic E-state index is 0.0513. The Balaban J connectivity index is 1.65. The van der Waals surface area contributed by atoms with Gasteiger partial charge >= 0.3 is 0 Å². The summed E-state index contributed by atoms with van der Waals surface area (Å²) in [5.41, 5.74) is 9.77. The monoisotopic (exact) mass is 571 g/mol. The molecule has 1 unspecified atom stereocenters. The number of aliphatic hydroxyl groups is 1. The van der Waals surface area contributed by atoms with Gasteiger partial charge in [0.1, 0.15) is 12.1 Å². The summed E-state index contributed by atoms with van der Waals surface area (Å²) in [5, 5.41) is 16.4. The molecule has 1 aliphatic rings. The van der Waals surface area contributed by atoms with Gasteiger partial charge < -0.3 is 26.4 Å². The fraction of sp³-hybridized carbons (Fsp3) is 0.600. The first kappa shape index (κ1) is 31.7. The van der Waals surface area contributed by atoms with Crippen LogP contribution in [0.4, 0.5) is 0 Å². The molecule has 5 N–H and O–H groups in total. The molecule has 1 fully saturated rings. The van der Waals surface area contributed by atoms with Gasteiger partial charge in [-0.1, -0.05) is 57.9 Å².